The highest BCUT2D eigenvalue weighted by molar-refractivity contribution is 6.03. The molecule has 0 amide bonds. The number of nitrogens with zero attached hydrogens (tertiary/aromatic N) is 2. The quantitative estimate of drug-likeness (QED) is 0.578. The van der Waals surface area contributed by atoms with Crippen molar-refractivity contribution in [2.24, 2.45) is 7.05 Å². The monoisotopic (exact) mass is 212 g/mol. The summed E-state index contributed by atoms with van der Waals surface area (Å²) < 4.78 is 1.58. The standard InChI is InChI=1S/C13H12N2O/c1-3-13(16)12-9-11(14-15(12)2)10-7-5-4-6-8-10/h3-9H,1H2,2H3. The van der Waals surface area contributed by atoms with Crippen LogP contribution in [0.25, 0.3) is 11.3 Å². The Bertz CT molecular complexity index is 526. The fourth-order valence-corrected chi connectivity index (χ4v) is 1.55. The lowest BCUT2D eigenvalue weighted by Gasteiger charge is -1.94. The second-order valence-corrected chi connectivity index (χ2v) is 3.47. The molecule has 0 aliphatic heterocycles. The van der Waals surface area contributed by atoms with Crippen molar-refractivity contribution in [3.63, 3.8) is 0 Å². The molecule has 0 unspecified atom stereocenters. The average molecular weight is 212 g/mol. The van der Waals surface area contributed by atoms with E-state index < -0.39 is 0 Å². The average Bonchev–Trinajstić information content (AvgIpc) is 2.71. The fourth-order valence-electron chi connectivity index (χ4n) is 1.55. The van der Waals surface area contributed by atoms with Crippen LogP contribution in [0.1, 0.15) is 10.5 Å². The fraction of sp³-hybridized carbons (Fsp3) is 0.0769. The second-order valence-electron chi connectivity index (χ2n) is 3.47. The molecular weight excluding hydrogens is 200 g/mol. The molecule has 0 fully saturated rings. The molecule has 3 nitrogen and oxygen atoms in total. The molecule has 0 N–H and O–H groups in total. The molecular formula is C13H12N2O. The molecule has 1 heterocycles. The zero-order valence-electron chi connectivity index (χ0n) is 9.05. The van der Waals surface area contributed by atoms with Crippen molar-refractivity contribution in [1.82, 2.24) is 9.78 Å². The summed E-state index contributed by atoms with van der Waals surface area (Å²) in [5, 5.41) is 4.30. The molecule has 0 saturated carbocycles. The van der Waals surface area contributed by atoms with Crippen LogP contribution in [0, 0.1) is 0 Å². The maximum absolute atomic E-state index is 11.5. The van der Waals surface area contributed by atoms with Gasteiger partial charge in [0, 0.05) is 12.6 Å². The number of aryl methyl sites for hydroxylation is 1. The van der Waals surface area contributed by atoms with Crippen molar-refractivity contribution in [3.05, 3.63) is 54.7 Å². The van der Waals surface area contributed by atoms with Gasteiger partial charge in [0.25, 0.3) is 0 Å². The summed E-state index contributed by atoms with van der Waals surface area (Å²) in [6, 6.07) is 11.5. The lowest BCUT2D eigenvalue weighted by Crippen LogP contribution is -2.03. The van der Waals surface area contributed by atoms with Crippen LogP contribution in [0.3, 0.4) is 0 Å². The largest absolute Gasteiger partial charge is 0.288 e. The summed E-state index contributed by atoms with van der Waals surface area (Å²) in [6.07, 6.45) is 1.30. The summed E-state index contributed by atoms with van der Waals surface area (Å²) in [5.41, 5.74) is 2.35. The van der Waals surface area contributed by atoms with Crippen LogP contribution < -0.4 is 0 Å². The van der Waals surface area contributed by atoms with E-state index >= 15 is 0 Å². The Hall–Kier alpha value is -2.16. The van der Waals surface area contributed by atoms with Gasteiger partial charge >= 0.3 is 0 Å². The van der Waals surface area contributed by atoms with Crippen LogP contribution in [0.5, 0.6) is 0 Å². The van der Waals surface area contributed by atoms with Gasteiger partial charge in [-0.3, -0.25) is 9.48 Å². The molecule has 0 radical (unpaired) electrons. The molecule has 1 aromatic carbocycles. The van der Waals surface area contributed by atoms with E-state index in [1.165, 1.54) is 6.08 Å². The number of benzene rings is 1. The first-order valence-corrected chi connectivity index (χ1v) is 4.98. The van der Waals surface area contributed by atoms with E-state index in [0.717, 1.165) is 11.3 Å². The lowest BCUT2D eigenvalue weighted by atomic mass is 10.1. The third-order valence-corrected chi connectivity index (χ3v) is 2.39. The number of hydrogen-bond donors (Lipinski definition) is 0. The van der Waals surface area contributed by atoms with Crippen LogP contribution in [0.2, 0.25) is 0 Å². The first-order valence-electron chi connectivity index (χ1n) is 4.98. The number of carbonyl (C=O) groups is 1. The van der Waals surface area contributed by atoms with E-state index in [1.54, 1.807) is 17.8 Å². The first kappa shape index (κ1) is 10.4. The molecule has 1 aromatic heterocycles. The number of aromatic nitrogens is 2. The molecule has 0 aliphatic rings. The molecule has 0 saturated heterocycles. The topological polar surface area (TPSA) is 34.9 Å². The highest BCUT2D eigenvalue weighted by Crippen LogP contribution is 2.18. The van der Waals surface area contributed by atoms with E-state index in [1.807, 2.05) is 30.3 Å². The Kier molecular flexibility index (Phi) is 2.68. The highest BCUT2D eigenvalue weighted by Gasteiger charge is 2.10. The van der Waals surface area contributed by atoms with Gasteiger partial charge in [0.1, 0.15) is 5.69 Å². The number of ketones is 1. The van der Waals surface area contributed by atoms with E-state index in [4.69, 9.17) is 0 Å². The van der Waals surface area contributed by atoms with Crippen molar-refractivity contribution < 1.29 is 4.79 Å². The van der Waals surface area contributed by atoms with Crippen molar-refractivity contribution in [1.29, 1.82) is 0 Å². The van der Waals surface area contributed by atoms with Crippen molar-refractivity contribution in [2.45, 2.75) is 0 Å². The van der Waals surface area contributed by atoms with Gasteiger partial charge in [-0.1, -0.05) is 36.9 Å². The zero-order valence-corrected chi connectivity index (χ0v) is 9.05. The van der Waals surface area contributed by atoms with Gasteiger partial charge in [-0.05, 0) is 12.1 Å². The molecule has 0 spiro atoms. The Balaban J connectivity index is 2.46. The van der Waals surface area contributed by atoms with Gasteiger partial charge in [0.2, 0.25) is 5.78 Å². The highest BCUT2D eigenvalue weighted by atomic mass is 16.1. The maximum atomic E-state index is 11.5. The molecule has 2 aromatic rings. The smallest absolute Gasteiger partial charge is 0.203 e. The maximum Gasteiger partial charge on any atom is 0.203 e. The van der Waals surface area contributed by atoms with Gasteiger partial charge in [-0.25, -0.2) is 0 Å². The minimum Gasteiger partial charge on any atom is -0.288 e. The minimum atomic E-state index is -0.114. The third-order valence-electron chi connectivity index (χ3n) is 2.39. The predicted octanol–water partition coefficient (Wildman–Crippen LogP) is 2.46. The Morgan fingerprint density at radius 1 is 1.38 bits per heavy atom. The van der Waals surface area contributed by atoms with Crippen LogP contribution in [-0.2, 0) is 7.05 Å². The zero-order chi connectivity index (χ0) is 11.5. The van der Waals surface area contributed by atoms with Crippen molar-refractivity contribution in [3.8, 4) is 11.3 Å². The lowest BCUT2D eigenvalue weighted by molar-refractivity contribution is 0.103. The van der Waals surface area contributed by atoms with Gasteiger partial charge in [-0.2, -0.15) is 5.10 Å². The van der Waals surface area contributed by atoms with Gasteiger partial charge < -0.3 is 0 Å². The van der Waals surface area contributed by atoms with Crippen LogP contribution in [0.15, 0.2) is 49.1 Å². The molecule has 2 rings (SSSR count). The number of allylic oxidation sites excluding steroid dienone is 1. The molecule has 0 atom stereocenters. The SMILES string of the molecule is C=CC(=O)c1cc(-c2ccccc2)nn1C. The molecule has 0 aliphatic carbocycles. The Labute approximate surface area is 94.0 Å². The molecule has 80 valence electrons. The van der Waals surface area contributed by atoms with Crippen molar-refractivity contribution in [2.75, 3.05) is 0 Å². The minimum absolute atomic E-state index is 0.114. The van der Waals surface area contributed by atoms with Crippen molar-refractivity contribution >= 4 is 5.78 Å². The summed E-state index contributed by atoms with van der Waals surface area (Å²) >= 11 is 0. The summed E-state index contributed by atoms with van der Waals surface area (Å²) in [5.74, 6) is -0.114. The Morgan fingerprint density at radius 3 is 2.69 bits per heavy atom. The van der Waals surface area contributed by atoms with Gasteiger partial charge in [0.05, 0.1) is 5.69 Å². The number of rotatable bonds is 3. The van der Waals surface area contributed by atoms with E-state index in [2.05, 4.69) is 11.7 Å². The number of carbonyl (C=O) groups excluding carboxylic acids is 1. The second kappa shape index (κ2) is 4.14. The predicted molar refractivity (Wildman–Crippen MR) is 63.2 cm³/mol. The van der Waals surface area contributed by atoms with Crippen LogP contribution in [-0.4, -0.2) is 15.6 Å². The summed E-state index contributed by atoms with van der Waals surface area (Å²) in [6.45, 7) is 3.47. The van der Waals surface area contributed by atoms with Crippen LogP contribution in [0.4, 0.5) is 0 Å². The summed E-state index contributed by atoms with van der Waals surface area (Å²) in [7, 11) is 1.75. The van der Waals surface area contributed by atoms with E-state index in [9.17, 15) is 4.79 Å². The third kappa shape index (κ3) is 1.80. The molecule has 3 heteroatoms. The van der Waals surface area contributed by atoms with Crippen LogP contribution >= 0.6 is 0 Å². The number of hydrogen-bond acceptors (Lipinski definition) is 2. The first-order chi connectivity index (χ1) is 7.72. The summed E-state index contributed by atoms with van der Waals surface area (Å²) in [4.78, 5) is 11.5. The van der Waals surface area contributed by atoms with E-state index in [0.29, 0.717) is 5.69 Å². The Morgan fingerprint density at radius 2 is 2.06 bits per heavy atom. The van der Waals surface area contributed by atoms with Gasteiger partial charge in [0.15, 0.2) is 0 Å². The van der Waals surface area contributed by atoms with Gasteiger partial charge in [-0.15, -0.1) is 0 Å². The molecule has 16 heavy (non-hydrogen) atoms. The van der Waals surface area contributed by atoms with E-state index in [-0.39, 0.29) is 5.78 Å². The normalized spacial score (nSPS) is 10.1. The molecule has 0 bridgehead atoms.